The van der Waals surface area contributed by atoms with Crippen molar-refractivity contribution in [3.63, 3.8) is 0 Å². The molecule has 37 heavy (non-hydrogen) atoms. The Morgan fingerprint density at radius 2 is 1.78 bits per heavy atom. The molecule has 3 N–H and O–H groups in total. The molecular weight excluding hydrogens is 490 g/mol. The number of ether oxygens (including phenoxy) is 1. The summed E-state index contributed by atoms with van der Waals surface area (Å²) in [5.41, 5.74) is 0.279. The third-order valence-electron chi connectivity index (χ3n) is 5.84. The van der Waals surface area contributed by atoms with Gasteiger partial charge in [0, 0.05) is 18.7 Å². The van der Waals surface area contributed by atoms with Crippen molar-refractivity contribution in [2.24, 2.45) is 0 Å². The Labute approximate surface area is 227 Å². The molecule has 0 bridgehead atoms. The first-order chi connectivity index (χ1) is 17.5. The lowest BCUT2D eigenvalue weighted by molar-refractivity contribution is -0.142. The molecule has 1 rings (SSSR count). The molecule has 0 saturated heterocycles. The summed E-state index contributed by atoms with van der Waals surface area (Å²) in [5, 5.41) is 16.6. The van der Waals surface area contributed by atoms with E-state index in [0.717, 1.165) is 25.7 Å². The Kier molecular flexibility index (Phi) is 14.5. The van der Waals surface area contributed by atoms with Crippen LogP contribution in [-0.4, -0.2) is 64.7 Å². The van der Waals surface area contributed by atoms with E-state index in [1.54, 1.807) is 57.7 Å². The maximum atomic E-state index is 14.0. The number of alkyl carbamates (subject to hydrolysis) is 1. The van der Waals surface area contributed by atoms with Gasteiger partial charge < -0.3 is 25.4 Å². The van der Waals surface area contributed by atoms with Gasteiger partial charge in [-0.1, -0.05) is 51.3 Å². The fraction of sp³-hybridized carbons (Fsp3) is 0.679. The highest BCUT2D eigenvalue weighted by Gasteiger charge is 2.37. The summed E-state index contributed by atoms with van der Waals surface area (Å²) in [6.07, 6.45) is 5.94. The number of aryl methyl sites for hydroxylation is 1. The minimum absolute atomic E-state index is 0.00808. The average Bonchev–Trinajstić information content (AvgIpc) is 2.82. The fourth-order valence-corrected chi connectivity index (χ4v) is 4.35. The molecule has 0 aliphatic rings. The van der Waals surface area contributed by atoms with Crippen LogP contribution in [0.3, 0.4) is 0 Å². The number of nitrogens with one attached hydrogen (secondary N) is 2. The van der Waals surface area contributed by atoms with Gasteiger partial charge in [-0.25, -0.2) is 4.79 Å². The van der Waals surface area contributed by atoms with E-state index < -0.39 is 23.8 Å². The molecule has 1 aromatic rings. The molecular formula is C28H47N3O5S. The Morgan fingerprint density at radius 3 is 2.38 bits per heavy atom. The number of rotatable bonds is 15. The fourth-order valence-electron chi connectivity index (χ4n) is 3.87. The van der Waals surface area contributed by atoms with Crippen molar-refractivity contribution in [3.05, 3.63) is 29.3 Å². The number of hydrogen-bond donors (Lipinski definition) is 3. The Bertz CT molecular complexity index is 872. The summed E-state index contributed by atoms with van der Waals surface area (Å²) in [6, 6.07) is 3.31. The van der Waals surface area contributed by atoms with E-state index in [1.165, 1.54) is 4.90 Å². The van der Waals surface area contributed by atoms with Crippen LogP contribution in [0.5, 0.6) is 5.75 Å². The molecule has 3 amide bonds. The SMILES string of the molecule is CCCCCNC(=O)C(c1cccc(C)c1O)N(CCCC)C(=O)C(CCSC)NC(=O)OC(C)(C)C. The quantitative estimate of drug-likeness (QED) is 0.261. The second-order valence-corrected chi connectivity index (χ2v) is 11.3. The zero-order chi connectivity index (χ0) is 28.0. The van der Waals surface area contributed by atoms with Crippen molar-refractivity contribution in [1.82, 2.24) is 15.5 Å². The Morgan fingerprint density at radius 1 is 1.11 bits per heavy atom. The number of para-hydroxylation sites is 1. The zero-order valence-corrected chi connectivity index (χ0v) is 24.5. The van der Waals surface area contributed by atoms with Crippen LogP contribution >= 0.6 is 11.8 Å². The number of carbonyl (C=O) groups is 3. The van der Waals surface area contributed by atoms with E-state index in [-0.39, 0.29) is 17.6 Å². The summed E-state index contributed by atoms with van der Waals surface area (Å²) in [5.74, 6) is -0.0891. The lowest BCUT2D eigenvalue weighted by atomic mass is 9.98. The summed E-state index contributed by atoms with van der Waals surface area (Å²) in [4.78, 5) is 41.8. The van der Waals surface area contributed by atoms with Crippen LogP contribution in [0.1, 0.15) is 90.3 Å². The van der Waals surface area contributed by atoms with E-state index in [1.807, 2.05) is 13.2 Å². The van der Waals surface area contributed by atoms with Crippen LogP contribution in [0.4, 0.5) is 4.79 Å². The molecule has 2 atom stereocenters. The maximum absolute atomic E-state index is 14.0. The number of amides is 3. The highest BCUT2D eigenvalue weighted by atomic mass is 32.2. The minimum atomic E-state index is -1.03. The minimum Gasteiger partial charge on any atom is -0.507 e. The van der Waals surface area contributed by atoms with Crippen molar-refractivity contribution in [1.29, 1.82) is 0 Å². The number of phenols is 1. The molecule has 2 unspecified atom stereocenters. The molecule has 8 nitrogen and oxygen atoms in total. The van der Waals surface area contributed by atoms with E-state index in [9.17, 15) is 19.5 Å². The second kappa shape index (κ2) is 16.4. The molecule has 0 heterocycles. The van der Waals surface area contributed by atoms with Crippen molar-refractivity contribution in [2.45, 2.75) is 97.8 Å². The molecule has 0 aliphatic carbocycles. The summed E-state index contributed by atoms with van der Waals surface area (Å²) < 4.78 is 5.42. The molecule has 0 radical (unpaired) electrons. The first-order valence-electron chi connectivity index (χ1n) is 13.3. The van der Waals surface area contributed by atoms with Crippen LogP contribution in [0.2, 0.25) is 0 Å². The molecule has 0 fully saturated rings. The predicted molar refractivity (Wildman–Crippen MR) is 151 cm³/mol. The van der Waals surface area contributed by atoms with E-state index in [4.69, 9.17) is 4.74 Å². The molecule has 0 aromatic heterocycles. The lowest BCUT2D eigenvalue weighted by Crippen LogP contribution is -2.53. The lowest BCUT2D eigenvalue weighted by Gasteiger charge is -2.35. The van der Waals surface area contributed by atoms with Gasteiger partial charge in [-0.05, 0) is 64.5 Å². The third-order valence-corrected chi connectivity index (χ3v) is 6.48. The summed E-state index contributed by atoms with van der Waals surface area (Å²) in [7, 11) is 0. The van der Waals surface area contributed by atoms with Crippen LogP contribution in [0.25, 0.3) is 0 Å². The van der Waals surface area contributed by atoms with E-state index in [2.05, 4.69) is 17.6 Å². The number of benzene rings is 1. The molecule has 1 aromatic carbocycles. The van der Waals surface area contributed by atoms with Gasteiger partial charge in [-0.2, -0.15) is 11.8 Å². The number of nitrogens with zero attached hydrogens (tertiary/aromatic N) is 1. The maximum Gasteiger partial charge on any atom is 0.408 e. The van der Waals surface area contributed by atoms with Gasteiger partial charge in [0.1, 0.15) is 23.4 Å². The Balaban J connectivity index is 3.45. The van der Waals surface area contributed by atoms with Crippen molar-refractivity contribution in [3.8, 4) is 5.75 Å². The number of phenolic OH excluding ortho intramolecular Hbond substituents is 1. The third kappa shape index (κ3) is 11.2. The highest BCUT2D eigenvalue weighted by Crippen LogP contribution is 2.32. The van der Waals surface area contributed by atoms with Gasteiger partial charge in [-0.15, -0.1) is 0 Å². The standard InChI is InChI=1S/C28H47N3O5S/c1-8-10-12-17-29-25(33)23(21-15-13-14-20(3)24(21)32)31(18-11-9-2)26(34)22(16-19-37-7)30-27(35)36-28(4,5)6/h13-15,22-23,32H,8-12,16-19H2,1-7H3,(H,29,33)(H,30,35). The van der Waals surface area contributed by atoms with Crippen LogP contribution in [0, 0.1) is 6.92 Å². The van der Waals surface area contributed by atoms with E-state index in [0.29, 0.717) is 42.8 Å². The van der Waals surface area contributed by atoms with Gasteiger partial charge in [0.05, 0.1) is 0 Å². The molecule has 0 saturated carbocycles. The highest BCUT2D eigenvalue weighted by molar-refractivity contribution is 7.98. The van der Waals surface area contributed by atoms with Gasteiger partial charge in [-0.3, -0.25) is 9.59 Å². The van der Waals surface area contributed by atoms with Crippen molar-refractivity contribution < 1.29 is 24.2 Å². The Hall–Kier alpha value is -2.42. The number of unbranched alkanes of at least 4 members (excludes halogenated alkanes) is 3. The topological polar surface area (TPSA) is 108 Å². The van der Waals surface area contributed by atoms with Gasteiger partial charge >= 0.3 is 6.09 Å². The average molecular weight is 538 g/mol. The van der Waals surface area contributed by atoms with Crippen molar-refractivity contribution >= 4 is 29.7 Å². The van der Waals surface area contributed by atoms with Crippen molar-refractivity contribution in [2.75, 3.05) is 25.1 Å². The largest absolute Gasteiger partial charge is 0.507 e. The summed E-state index contributed by atoms with van der Waals surface area (Å²) >= 11 is 1.57. The first kappa shape index (κ1) is 32.6. The number of aromatic hydroxyl groups is 1. The van der Waals surface area contributed by atoms with Crippen LogP contribution in [0.15, 0.2) is 18.2 Å². The second-order valence-electron chi connectivity index (χ2n) is 10.3. The first-order valence-corrected chi connectivity index (χ1v) is 14.7. The van der Waals surface area contributed by atoms with Crippen LogP contribution in [-0.2, 0) is 14.3 Å². The number of thioether (sulfide) groups is 1. The monoisotopic (exact) mass is 537 g/mol. The van der Waals surface area contributed by atoms with Crippen LogP contribution < -0.4 is 10.6 Å². The van der Waals surface area contributed by atoms with E-state index >= 15 is 0 Å². The molecule has 0 aliphatic heterocycles. The normalized spacial score (nSPS) is 12.9. The number of hydrogen-bond acceptors (Lipinski definition) is 6. The molecule has 210 valence electrons. The van der Waals surface area contributed by atoms with Gasteiger partial charge in [0.15, 0.2) is 0 Å². The molecule has 9 heteroatoms. The number of carbonyl (C=O) groups excluding carboxylic acids is 3. The smallest absolute Gasteiger partial charge is 0.408 e. The van der Waals surface area contributed by atoms with Gasteiger partial charge in [0.2, 0.25) is 11.8 Å². The predicted octanol–water partition coefficient (Wildman–Crippen LogP) is 5.32. The molecule has 0 spiro atoms. The summed E-state index contributed by atoms with van der Waals surface area (Å²) in [6.45, 7) is 11.9. The van der Waals surface area contributed by atoms with Gasteiger partial charge in [0.25, 0.3) is 0 Å². The zero-order valence-electron chi connectivity index (χ0n) is 23.7.